The van der Waals surface area contributed by atoms with Crippen LogP contribution in [0.2, 0.25) is 0 Å². The van der Waals surface area contributed by atoms with Crippen LogP contribution in [0.1, 0.15) is 51.7 Å². The monoisotopic (exact) mass is 461 g/mol. The molecule has 2 aromatic carbocycles. The maximum atomic E-state index is 12.7. The molecule has 0 bridgehead atoms. The number of likely N-dealkylation sites (tertiary alicyclic amines) is 1. The Labute approximate surface area is 202 Å². The summed E-state index contributed by atoms with van der Waals surface area (Å²) >= 11 is 0. The van der Waals surface area contributed by atoms with E-state index in [9.17, 15) is 4.79 Å². The van der Waals surface area contributed by atoms with Crippen LogP contribution in [0.4, 0.5) is 4.79 Å². The number of carbonyl (C=O) groups is 1. The summed E-state index contributed by atoms with van der Waals surface area (Å²) in [7, 11) is -0.471. The normalized spacial score (nSPS) is 22.1. The summed E-state index contributed by atoms with van der Waals surface area (Å²) in [5.74, 6) is 0.829. The first-order valence-electron chi connectivity index (χ1n) is 12.0. The lowest BCUT2D eigenvalue weighted by Crippen LogP contribution is -2.50. The lowest BCUT2D eigenvalue weighted by molar-refractivity contribution is 0.00578. The van der Waals surface area contributed by atoms with Crippen LogP contribution in [0.15, 0.2) is 60.7 Å². The molecule has 2 fully saturated rings. The van der Waals surface area contributed by atoms with E-state index < -0.39 is 23.9 Å². The van der Waals surface area contributed by atoms with Gasteiger partial charge in [-0.05, 0) is 50.9 Å². The highest BCUT2D eigenvalue weighted by Gasteiger charge is 2.54. The van der Waals surface area contributed by atoms with Gasteiger partial charge in [0, 0.05) is 31.5 Å². The van der Waals surface area contributed by atoms with Crippen molar-refractivity contribution in [2.45, 2.75) is 63.9 Å². The molecule has 3 aliphatic heterocycles. The molecule has 3 aliphatic rings. The molecule has 6 nitrogen and oxygen atoms in total. The molecule has 1 spiro atoms. The largest absolute Gasteiger partial charge is 0.495 e. The van der Waals surface area contributed by atoms with Crippen LogP contribution in [0, 0.1) is 0 Å². The molecule has 0 atom stereocenters. The molecule has 2 aromatic rings. The summed E-state index contributed by atoms with van der Waals surface area (Å²) < 4.78 is 24.9. The van der Waals surface area contributed by atoms with Gasteiger partial charge in [-0.25, -0.2) is 4.79 Å². The van der Waals surface area contributed by atoms with Gasteiger partial charge < -0.3 is 23.7 Å². The zero-order valence-electron chi connectivity index (χ0n) is 20.4. The van der Waals surface area contributed by atoms with Gasteiger partial charge >= 0.3 is 13.2 Å². The van der Waals surface area contributed by atoms with Gasteiger partial charge in [-0.15, -0.1) is 0 Å². The molecular weight excluding hydrogens is 429 g/mol. The van der Waals surface area contributed by atoms with Gasteiger partial charge in [0.15, 0.2) is 0 Å². The standard InChI is InChI=1S/C27H32BNO5/c1-25(2)26(3,4)34-28(33-25)22-18-27(32-23-13-9-8-12-21(22)23)14-16-29(17-15-27)24(30)31-19-20-10-6-5-7-11-20/h5-13,18H,14-17,19H2,1-4H3. The Kier molecular flexibility index (Phi) is 5.73. The maximum absolute atomic E-state index is 12.7. The number of rotatable bonds is 3. The Balaban J connectivity index is 1.32. The van der Waals surface area contributed by atoms with Crippen molar-refractivity contribution in [3.63, 3.8) is 0 Å². The van der Waals surface area contributed by atoms with Crippen LogP contribution in [0.3, 0.4) is 0 Å². The zero-order valence-corrected chi connectivity index (χ0v) is 20.4. The van der Waals surface area contributed by atoms with Gasteiger partial charge in [0.2, 0.25) is 0 Å². The van der Waals surface area contributed by atoms with E-state index >= 15 is 0 Å². The summed E-state index contributed by atoms with van der Waals surface area (Å²) in [6.07, 6.45) is 3.23. The van der Waals surface area contributed by atoms with Crippen LogP contribution < -0.4 is 4.74 Å². The van der Waals surface area contributed by atoms with E-state index in [0.29, 0.717) is 25.9 Å². The van der Waals surface area contributed by atoms with Crippen molar-refractivity contribution in [3.8, 4) is 5.75 Å². The first kappa shape index (κ1) is 23.0. The Bertz CT molecular complexity index is 1070. The van der Waals surface area contributed by atoms with Crippen molar-refractivity contribution in [2.75, 3.05) is 13.1 Å². The number of hydrogen-bond donors (Lipinski definition) is 0. The maximum Gasteiger partial charge on any atom is 0.495 e. The number of piperidine rings is 1. The predicted octanol–water partition coefficient (Wildman–Crippen LogP) is 5.27. The van der Waals surface area contributed by atoms with Crippen LogP contribution in [-0.2, 0) is 20.7 Å². The number of nitrogens with zero attached hydrogens (tertiary/aromatic N) is 1. The Morgan fingerprint density at radius 3 is 2.24 bits per heavy atom. The highest BCUT2D eigenvalue weighted by Crippen LogP contribution is 2.46. The molecule has 0 radical (unpaired) electrons. The number of carbonyl (C=O) groups excluding carboxylic acids is 1. The number of amides is 1. The fraction of sp³-hybridized carbons (Fsp3) is 0.444. The summed E-state index contributed by atoms with van der Waals surface area (Å²) in [5.41, 5.74) is 1.61. The smallest absolute Gasteiger partial charge is 0.482 e. The molecule has 5 rings (SSSR count). The molecule has 7 heteroatoms. The fourth-order valence-corrected chi connectivity index (χ4v) is 4.69. The van der Waals surface area contributed by atoms with Crippen molar-refractivity contribution in [1.82, 2.24) is 4.90 Å². The van der Waals surface area contributed by atoms with E-state index in [1.807, 2.05) is 48.5 Å². The summed E-state index contributed by atoms with van der Waals surface area (Å²) in [6, 6.07) is 17.8. The Morgan fingerprint density at radius 2 is 1.56 bits per heavy atom. The number of hydrogen-bond acceptors (Lipinski definition) is 5. The van der Waals surface area contributed by atoms with Crippen molar-refractivity contribution in [2.24, 2.45) is 0 Å². The molecule has 0 aromatic heterocycles. The molecule has 1 amide bonds. The topological polar surface area (TPSA) is 57.2 Å². The van der Waals surface area contributed by atoms with E-state index in [1.165, 1.54) is 0 Å². The van der Waals surface area contributed by atoms with Gasteiger partial charge in [-0.3, -0.25) is 0 Å². The van der Waals surface area contributed by atoms with Crippen molar-refractivity contribution >= 4 is 18.7 Å². The first-order valence-corrected chi connectivity index (χ1v) is 12.0. The highest BCUT2D eigenvalue weighted by molar-refractivity contribution is 6.69. The van der Waals surface area contributed by atoms with E-state index in [4.69, 9.17) is 18.8 Å². The third-order valence-corrected chi connectivity index (χ3v) is 7.51. The second-order valence-electron chi connectivity index (χ2n) is 10.4. The second kappa shape index (κ2) is 8.47. The summed E-state index contributed by atoms with van der Waals surface area (Å²) in [6.45, 7) is 9.65. The van der Waals surface area contributed by atoms with E-state index in [0.717, 1.165) is 22.3 Å². The molecule has 178 valence electrons. The van der Waals surface area contributed by atoms with E-state index in [2.05, 4.69) is 39.8 Å². The molecule has 34 heavy (non-hydrogen) atoms. The second-order valence-corrected chi connectivity index (χ2v) is 10.4. The van der Waals surface area contributed by atoms with Crippen molar-refractivity contribution in [3.05, 3.63) is 71.8 Å². The van der Waals surface area contributed by atoms with Gasteiger partial charge in [0.25, 0.3) is 0 Å². The van der Waals surface area contributed by atoms with Gasteiger partial charge in [0.05, 0.1) is 11.2 Å². The molecule has 0 unspecified atom stereocenters. The minimum atomic E-state index is -0.510. The average molecular weight is 461 g/mol. The Hall–Kier alpha value is -2.77. The minimum Gasteiger partial charge on any atom is -0.482 e. The highest BCUT2D eigenvalue weighted by atomic mass is 16.7. The van der Waals surface area contributed by atoms with Crippen molar-refractivity contribution in [1.29, 1.82) is 0 Å². The van der Waals surface area contributed by atoms with Crippen molar-refractivity contribution < 1.29 is 23.6 Å². The quantitative estimate of drug-likeness (QED) is 0.584. The lowest BCUT2D eigenvalue weighted by atomic mass is 9.69. The SMILES string of the molecule is CC1(C)OB(C2=CC3(CCN(C(=O)OCc4ccccc4)CC3)Oc3ccccc32)OC1(C)C. The molecule has 0 aliphatic carbocycles. The van der Waals surface area contributed by atoms with E-state index in [1.54, 1.807) is 4.90 Å². The number of fused-ring (bicyclic) bond motifs is 1. The summed E-state index contributed by atoms with van der Waals surface area (Å²) in [4.78, 5) is 14.4. The number of benzene rings is 2. The summed E-state index contributed by atoms with van der Waals surface area (Å²) in [5, 5.41) is 0. The third-order valence-electron chi connectivity index (χ3n) is 7.51. The van der Waals surface area contributed by atoms with Crippen LogP contribution in [-0.4, -0.2) is 48.0 Å². The third kappa shape index (κ3) is 4.23. The molecular formula is C27H32BNO5. The van der Waals surface area contributed by atoms with Crippen LogP contribution >= 0.6 is 0 Å². The Morgan fingerprint density at radius 1 is 0.941 bits per heavy atom. The lowest BCUT2D eigenvalue weighted by Gasteiger charge is -2.43. The molecule has 0 saturated carbocycles. The zero-order chi connectivity index (χ0) is 24.0. The molecule has 0 N–H and O–H groups in total. The van der Waals surface area contributed by atoms with Crippen LogP contribution in [0.25, 0.3) is 5.47 Å². The van der Waals surface area contributed by atoms with Gasteiger partial charge in [-0.1, -0.05) is 48.5 Å². The number of ether oxygens (including phenoxy) is 2. The number of para-hydroxylation sites is 1. The molecule has 2 saturated heterocycles. The fourth-order valence-electron chi connectivity index (χ4n) is 4.69. The average Bonchev–Trinajstić information content (AvgIpc) is 3.05. The molecule has 3 heterocycles. The van der Waals surface area contributed by atoms with Crippen LogP contribution in [0.5, 0.6) is 5.75 Å². The van der Waals surface area contributed by atoms with Gasteiger partial charge in [-0.2, -0.15) is 0 Å². The predicted molar refractivity (Wildman–Crippen MR) is 131 cm³/mol. The minimum absolute atomic E-state index is 0.275. The first-order chi connectivity index (χ1) is 16.2. The van der Waals surface area contributed by atoms with E-state index in [-0.39, 0.29) is 12.7 Å². The van der Waals surface area contributed by atoms with Gasteiger partial charge in [0.1, 0.15) is 18.0 Å².